The average molecular weight is 373 g/mol. The van der Waals surface area contributed by atoms with E-state index in [1.54, 1.807) is 34.8 Å². The van der Waals surface area contributed by atoms with E-state index in [2.05, 4.69) is 6.92 Å². The molecule has 0 amide bonds. The van der Waals surface area contributed by atoms with Crippen LogP contribution in [0.5, 0.6) is 5.75 Å². The van der Waals surface area contributed by atoms with Crippen molar-refractivity contribution >= 4 is 33.3 Å². The molecule has 130 valence electrons. The van der Waals surface area contributed by atoms with E-state index in [1.165, 1.54) is 10.4 Å². The van der Waals surface area contributed by atoms with E-state index in [9.17, 15) is 4.79 Å². The van der Waals surface area contributed by atoms with E-state index in [1.807, 2.05) is 24.3 Å². The van der Waals surface area contributed by atoms with Gasteiger partial charge in [0.25, 0.3) is 5.56 Å². The second-order valence-corrected chi connectivity index (χ2v) is 8.24. The van der Waals surface area contributed by atoms with Crippen molar-refractivity contribution in [2.24, 2.45) is 0 Å². The number of ether oxygens (including phenoxy) is 1. The Labute approximate surface area is 154 Å². The summed E-state index contributed by atoms with van der Waals surface area (Å²) < 4.78 is 7.25. The first-order chi connectivity index (χ1) is 12.2. The summed E-state index contributed by atoms with van der Waals surface area (Å²) in [5.41, 5.74) is 2.02. The molecule has 0 radical (unpaired) electrons. The van der Waals surface area contributed by atoms with Gasteiger partial charge in [0.15, 0.2) is 5.16 Å². The second-order valence-electron chi connectivity index (χ2n) is 6.09. The molecule has 2 aromatic heterocycles. The van der Waals surface area contributed by atoms with Crippen LogP contribution in [0.25, 0.3) is 15.9 Å². The lowest BCUT2D eigenvalue weighted by molar-refractivity contribution is 0.411. The van der Waals surface area contributed by atoms with Crippen LogP contribution < -0.4 is 10.3 Å². The molecule has 0 saturated heterocycles. The Kier molecular flexibility index (Phi) is 4.56. The molecule has 25 heavy (non-hydrogen) atoms. The zero-order valence-electron chi connectivity index (χ0n) is 14.4. The van der Waals surface area contributed by atoms with Gasteiger partial charge in [-0.25, -0.2) is 4.98 Å². The molecule has 1 aliphatic carbocycles. The van der Waals surface area contributed by atoms with Gasteiger partial charge in [-0.2, -0.15) is 0 Å². The van der Waals surface area contributed by atoms with Crippen LogP contribution in [0.2, 0.25) is 0 Å². The highest BCUT2D eigenvalue weighted by atomic mass is 32.2. The number of hydrogen-bond donors (Lipinski definition) is 0. The lowest BCUT2D eigenvalue weighted by Gasteiger charge is -2.15. The number of fused-ring (bicyclic) bond motifs is 3. The predicted octanol–water partition coefficient (Wildman–Crippen LogP) is 4.45. The van der Waals surface area contributed by atoms with Crippen LogP contribution in [-0.4, -0.2) is 22.4 Å². The topological polar surface area (TPSA) is 44.1 Å². The third kappa shape index (κ3) is 2.77. The molecule has 1 aromatic carbocycles. The first kappa shape index (κ1) is 16.7. The summed E-state index contributed by atoms with van der Waals surface area (Å²) in [6.45, 7) is 2.14. The average Bonchev–Trinajstić information content (AvgIpc) is 3.20. The van der Waals surface area contributed by atoms with Crippen LogP contribution in [0.15, 0.2) is 34.2 Å². The number of methoxy groups -OCH3 is 1. The molecule has 0 spiro atoms. The Bertz CT molecular complexity index is 991. The molecule has 0 fully saturated rings. The highest BCUT2D eigenvalue weighted by Crippen LogP contribution is 2.36. The SMILES string of the molecule is CCCSc1nc2sc3c(c2c(=O)n1-c1ccccc1OC)CCC3. The van der Waals surface area contributed by atoms with E-state index >= 15 is 0 Å². The molecule has 3 aromatic rings. The van der Waals surface area contributed by atoms with Gasteiger partial charge in [-0.3, -0.25) is 9.36 Å². The van der Waals surface area contributed by atoms with E-state index in [-0.39, 0.29) is 5.56 Å². The largest absolute Gasteiger partial charge is 0.495 e. The Morgan fingerprint density at radius 2 is 2.16 bits per heavy atom. The monoisotopic (exact) mass is 372 g/mol. The van der Waals surface area contributed by atoms with Gasteiger partial charge in [-0.1, -0.05) is 30.8 Å². The highest BCUT2D eigenvalue weighted by Gasteiger charge is 2.24. The normalized spacial score (nSPS) is 13.4. The van der Waals surface area contributed by atoms with Crippen molar-refractivity contribution in [3.8, 4) is 11.4 Å². The van der Waals surface area contributed by atoms with Crippen molar-refractivity contribution < 1.29 is 4.74 Å². The van der Waals surface area contributed by atoms with Crippen LogP contribution in [0.4, 0.5) is 0 Å². The third-order valence-electron chi connectivity index (χ3n) is 4.47. The summed E-state index contributed by atoms with van der Waals surface area (Å²) >= 11 is 3.33. The molecule has 4 rings (SSSR count). The minimum atomic E-state index is 0.0347. The number of thiophene rings is 1. The first-order valence-electron chi connectivity index (χ1n) is 8.58. The quantitative estimate of drug-likeness (QED) is 0.490. The second kappa shape index (κ2) is 6.84. The number of thioether (sulfide) groups is 1. The number of hydrogen-bond acceptors (Lipinski definition) is 5. The fourth-order valence-electron chi connectivity index (χ4n) is 3.34. The van der Waals surface area contributed by atoms with Gasteiger partial charge < -0.3 is 4.74 Å². The molecule has 6 heteroatoms. The fraction of sp³-hybridized carbons (Fsp3) is 0.368. The molecule has 0 unspecified atom stereocenters. The summed E-state index contributed by atoms with van der Waals surface area (Å²) in [5, 5.41) is 1.56. The van der Waals surface area contributed by atoms with Crippen LogP contribution in [0, 0.1) is 0 Å². The Morgan fingerprint density at radius 3 is 2.96 bits per heavy atom. The van der Waals surface area contributed by atoms with Gasteiger partial charge in [0.1, 0.15) is 10.6 Å². The lowest BCUT2D eigenvalue weighted by Crippen LogP contribution is -2.22. The molecule has 1 aliphatic rings. The molecular weight excluding hydrogens is 352 g/mol. The Balaban J connectivity index is 2.03. The van der Waals surface area contributed by atoms with E-state index in [0.29, 0.717) is 5.75 Å². The Morgan fingerprint density at radius 1 is 1.32 bits per heavy atom. The minimum Gasteiger partial charge on any atom is -0.495 e. The number of rotatable bonds is 5. The van der Waals surface area contributed by atoms with Crippen molar-refractivity contribution in [3.63, 3.8) is 0 Å². The summed E-state index contributed by atoms with van der Waals surface area (Å²) in [4.78, 5) is 20.6. The van der Waals surface area contributed by atoms with E-state index in [0.717, 1.165) is 52.5 Å². The zero-order chi connectivity index (χ0) is 17.4. The predicted molar refractivity (Wildman–Crippen MR) is 105 cm³/mol. The van der Waals surface area contributed by atoms with Crippen molar-refractivity contribution in [1.82, 2.24) is 9.55 Å². The minimum absolute atomic E-state index is 0.0347. The summed E-state index contributed by atoms with van der Waals surface area (Å²) in [5.74, 6) is 1.62. The number of para-hydroxylation sites is 2. The van der Waals surface area contributed by atoms with Gasteiger partial charge >= 0.3 is 0 Å². The molecule has 0 N–H and O–H groups in total. The number of nitrogens with zero attached hydrogens (tertiary/aromatic N) is 2. The van der Waals surface area contributed by atoms with Gasteiger partial charge in [-0.05, 0) is 43.4 Å². The number of benzene rings is 1. The first-order valence-corrected chi connectivity index (χ1v) is 10.4. The van der Waals surface area contributed by atoms with Crippen LogP contribution >= 0.6 is 23.1 Å². The van der Waals surface area contributed by atoms with Gasteiger partial charge in [0.05, 0.1) is 18.2 Å². The molecule has 4 nitrogen and oxygen atoms in total. The van der Waals surface area contributed by atoms with Crippen LogP contribution in [0.1, 0.15) is 30.2 Å². The zero-order valence-corrected chi connectivity index (χ0v) is 16.0. The lowest BCUT2D eigenvalue weighted by atomic mass is 10.2. The molecule has 0 aliphatic heterocycles. The number of aryl methyl sites for hydroxylation is 2. The van der Waals surface area contributed by atoms with E-state index < -0.39 is 0 Å². The summed E-state index contributed by atoms with van der Waals surface area (Å²) in [6.07, 6.45) is 4.23. The summed E-state index contributed by atoms with van der Waals surface area (Å²) in [7, 11) is 1.64. The molecule has 0 saturated carbocycles. The van der Waals surface area contributed by atoms with Crippen molar-refractivity contribution in [2.75, 3.05) is 12.9 Å². The van der Waals surface area contributed by atoms with Crippen molar-refractivity contribution in [3.05, 3.63) is 45.1 Å². The third-order valence-corrected chi connectivity index (χ3v) is 6.80. The molecule has 0 bridgehead atoms. The van der Waals surface area contributed by atoms with Crippen LogP contribution in [0.3, 0.4) is 0 Å². The van der Waals surface area contributed by atoms with Gasteiger partial charge in [0.2, 0.25) is 0 Å². The standard InChI is InChI=1S/C19H20N2O2S2/c1-3-11-24-19-20-17-16(12-7-6-10-15(12)25-17)18(22)21(19)13-8-4-5-9-14(13)23-2/h4-5,8-9H,3,6-7,10-11H2,1-2H3. The smallest absolute Gasteiger partial charge is 0.267 e. The molecule has 2 heterocycles. The highest BCUT2D eigenvalue weighted by molar-refractivity contribution is 7.99. The molecule has 0 atom stereocenters. The maximum absolute atomic E-state index is 13.5. The van der Waals surface area contributed by atoms with Crippen molar-refractivity contribution in [1.29, 1.82) is 0 Å². The van der Waals surface area contributed by atoms with E-state index in [4.69, 9.17) is 9.72 Å². The summed E-state index contributed by atoms with van der Waals surface area (Å²) in [6, 6.07) is 7.66. The maximum atomic E-state index is 13.5. The maximum Gasteiger partial charge on any atom is 0.267 e. The van der Waals surface area contributed by atoms with Crippen molar-refractivity contribution in [2.45, 2.75) is 37.8 Å². The fourth-order valence-corrected chi connectivity index (χ4v) is 5.50. The van der Waals surface area contributed by atoms with Gasteiger partial charge in [-0.15, -0.1) is 11.3 Å². The Hall–Kier alpha value is -1.79. The molecular formula is C19H20N2O2S2. The number of aromatic nitrogens is 2. The van der Waals surface area contributed by atoms with Crippen LogP contribution in [-0.2, 0) is 12.8 Å². The van der Waals surface area contributed by atoms with Gasteiger partial charge in [0, 0.05) is 10.6 Å².